The van der Waals surface area contributed by atoms with Crippen molar-refractivity contribution in [2.24, 2.45) is 5.92 Å². The second kappa shape index (κ2) is 7.04. The number of nitriles is 1. The van der Waals surface area contributed by atoms with Crippen molar-refractivity contribution in [3.8, 4) is 6.07 Å². The highest BCUT2D eigenvalue weighted by Gasteiger charge is 2.22. The molecule has 6 nitrogen and oxygen atoms in total. The molecule has 0 radical (unpaired) electrons. The number of pyridine rings is 1. The van der Waals surface area contributed by atoms with Crippen LogP contribution in [0.2, 0.25) is 0 Å². The van der Waals surface area contributed by atoms with Gasteiger partial charge in [0, 0.05) is 29.8 Å². The minimum Gasteiger partial charge on any atom is -0.350 e. The number of halogens is 1. The lowest BCUT2D eigenvalue weighted by atomic mass is 10.2. The number of aromatic nitrogens is 1. The van der Waals surface area contributed by atoms with Crippen molar-refractivity contribution in [2.45, 2.75) is 20.3 Å². The lowest BCUT2D eigenvalue weighted by molar-refractivity contribution is -0.384. The summed E-state index contributed by atoms with van der Waals surface area (Å²) in [5.74, 6) is 0.640. The summed E-state index contributed by atoms with van der Waals surface area (Å²) in [7, 11) is 0. The van der Waals surface area contributed by atoms with Gasteiger partial charge in [0.1, 0.15) is 0 Å². The highest BCUT2D eigenvalue weighted by molar-refractivity contribution is 9.10. The van der Waals surface area contributed by atoms with E-state index in [1.807, 2.05) is 13.8 Å². The van der Waals surface area contributed by atoms with Gasteiger partial charge in [-0.15, -0.1) is 0 Å². The molecule has 1 heterocycles. The Hall–Kier alpha value is -1.68. The molecule has 0 N–H and O–H groups in total. The van der Waals surface area contributed by atoms with Crippen LogP contribution in [0.15, 0.2) is 16.7 Å². The van der Waals surface area contributed by atoms with E-state index in [9.17, 15) is 10.1 Å². The quantitative estimate of drug-likeness (QED) is 0.592. The monoisotopic (exact) mass is 326 g/mol. The van der Waals surface area contributed by atoms with Gasteiger partial charge in [-0.3, -0.25) is 10.1 Å². The molecule has 0 aromatic carbocycles. The number of rotatable bonds is 6. The van der Waals surface area contributed by atoms with Crippen molar-refractivity contribution in [1.82, 2.24) is 4.98 Å². The first-order valence-corrected chi connectivity index (χ1v) is 6.66. The number of anilines is 1. The second-order valence-corrected chi connectivity index (χ2v) is 5.42. The smallest absolute Gasteiger partial charge is 0.312 e. The van der Waals surface area contributed by atoms with E-state index in [2.05, 4.69) is 27.0 Å². The van der Waals surface area contributed by atoms with Crippen molar-refractivity contribution in [3.05, 3.63) is 26.9 Å². The third-order valence-electron chi connectivity index (χ3n) is 2.39. The molecule has 102 valence electrons. The van der Waals surface area contributed by atoms with E-state index < -0.39 is 4.92 Å². The van der Waals surface area contributed by atoms with E-state index in [4.69, 9.17) is 5.26 Å². The van der Waals surface area contributed by atoms with Crippen LogP contribution in [0.3, 0.4) is 0 Å². The van der Waals surface area contributed by atoms with Gasteiger partial charge in [0.25, 0.3) is 0 Å². The summed E-state index contributed by atoms with van der Waals surface area (Å²) in [6.07, 6.45) is 1.84. The van der Waals surface area contributed by atoms with E-state index in [0.29, 0.717) is 35.7 Å². The number of hydrogen-bond donors (Lipinski definition) is 0. The SMILES string of the molecule is CC(C)CN(CCC#N)c1ncc(Br)cc1[N+](=O)[O-]. The molecule has 0 fully saturated rings. The molecule has 1 rings (SSSR count). The molecule has 0 amide bonds. The van der Waals surface area contributed by atoms with E-state index in [1.54, 1.807) is 4.90 Å². The Morgan fingerprint density at radius 1 is 1.63 bits per heavy atom. The molecule has 0 saturated carbocycles. The highest BCUT2D eigenvalue weighted by Crippen LogP contribution is 2.29. The predicted octanol–water partition coefficient (Wildman–Crippen LogP) is 3.13. The number of nitrogens with zero attached hydrogens (tertiary/aromatic N) is 4. The molecule has 0 aliphatic heterocycles. The second-order valence-electron chi connectivity index (χ2n) is 4.50. The van der Waals surface area contributed by atoms with Crippen LogP contribution in [0.4, 0.5) is 11.5 Å². The maximum Gasteiger partial charge on any atom is 0.312 e. The molecule has 1 aromatic heterocycles. The van der Waals surface area contributed by atoms with E-state index in [-0.39, 0.29) is 5.69 Å². The maximum absolute atomic E-state index is 11.1. The Balaban J connectivity index is 3.13. The summed E-state index contributed by atoms with van der Waals surface area (Å²) in [5, 5.41) is 19.8. The van der Waals surface area contributed by atoms with Crippen LogP contribution in [0, 0.1) is 27.4 Å². The molecular formula is C12H15BrN4O2. The molecular weight excluding hydrogens is 312 g/mol. The first kappa shape index (κ1) is 15.4. The first-order valence-electron chi connectivity index (χ1n) is 5.87. The summed E-state index contributed by atoms with van der Waals surface area (Å²) in [4.78, 5) is 16.6. The van der Waals surface area contributed by atoms with Gasteiger partial charge in [0.15, 0.2) is 0 Å². The van der Waals surface area contributed by atoms with Gasteiger partial charge in [-0.05, 0) is 21.8 Å². The van der Waals surface area contributed by atoms with Gasteiger partial charge in [-0.25, -0.2) is 4.98 Å². The van der Waals surface area contributed by atoms with Crippen molar-refractivity contribution >= 4 is 27.4 Å². The molecule has 0 aliphatic rings. The van der Waals surface area contributed by atoms with Gasteiger partial charge in [0.05, 0.1) is 17.4 Å². The van der Waals surface area contributed by atoms with Crippen molar-refractivity contribution < 1.29 is 4.92 Å². The lowest BCUT2D eigenvalue weighted by Gasteiger charge is -2.24. The third kappa shape index (κ3) is 4.48. The summed E-state index contributed by atoms with van der Waals surface area (Å²) < 4.78 is 0.563. The Labute approximate surface area is 120 Å². The van der Waals surface area contributed by atoms with Crippen molar-refractivity contribution in [1.29, 1.82) is 5.26 Å². The average molecular weight is 327 g/mol. The number of nitro groups is 1. The van der Waals surface area contributed by atoms with Crippen LogP contribution in [0.25, 0.3) is 0 Å². The van der Waals surface area contributed by atoms with Crippen LogP contribution in [-0.2, 0) is 0 Å². The fraction of sp³-hybridized carbons (Fsp3) is 0.500. The van der Waals surface area contributed by atoms with E-state index >= 15 is 0 Å². The van der Waals surface area contributed by atoms with Crippen LogP contribution in [0.5, 0.6) is 0 Å². The molecule has 19 heavy (non-hydrogen) atoms. The molecule has 0 aliphatic carbocycles. The molecule has 0 unspecified atom stereocenters. The first-order chi connectivity index (χ1) is 8.95. The van der Waals surface area contributed by atoms with Gasteiger partial charge in [-0.1, -0.05) is 13.8 Å². The Kier molecular flexibility index (Phi) is 5.70. The van der Waals surface area contributed by atoms with Crippen LogP contribution in [-0.4, -0.2) is 23.0 Å². The maximum atomic E-state index is 11.1. The van der Waals surface area contributed by atoms with Crippen molar-refractivity contribution in [3.63, 3.8) is 0 Å². The minimum absolute atomic E-state index is 0.0482. The van der Waals surface area contributed by atoms with Gasteiger partial charge >= 0.3 is 5.69 Å². The van der Waals surface area contributed by atoms with Gasteiger partial charge in [0.2, 0.25) is 5.82 Å². The largest absolute Gasteiger partial charge is 0.350 e. The lowest BCUT2D eigenvalue weighted by Crippen LogP contribution is -2.30. The van der Waals surface area contributed by atoms with Gasteiger partial charge in [-0.2, -0.15) is 5.26 Å². The van der Waals surface area contributed by atoms with E-state index in [0.717, 1.165) is 0 Å². The van der Waals surface area contributed by atoms with Gasteiger partial charge < -0.3 is 4.90 Å². The molecule has 0 saturated heterocycles. The Morgan fingerprint density at radius 2 is 2.32 bits per heavy atom. The summed E-state index contributed by atoms with van der Waals surface area (Å²) >= 11 is 3.18. The molecule has 0 atom stereocenters. The zero-order chi connectivity index (χ0) is 14.4. The Bertz CT molecular complexity index is 499. The summed E-state index contributed by atoms with van der Waals surface area (Å²) in [6.45, 7) is 5.09. The molecule has 1 aromatic rings. The fourth-order valence-electron chi connectivity index (χ4n) is 1.71. The third-order valence-corrected chi connectivity index (χ3v) is 2.82. The molecule has 7 heteroatoms. The standard InChI is InChI=1S/C12H15BrN4O2/c1-9(2)8-16(5-3-4-14)12-11(17(18)19)6-10(13)7-15-12/h6-7,9H,3,5,8H2,1-2H3. The zero-order valence-electron chi connectivity index (χ0n) is 10.8. The number of hydrogen-bond acceptors (Lipinski definition) is 5. The van der Waals surface area contributed by atoms with Crippen LogP contribution in [0.1, 0.15) is 20.3 Å². The predicted molar refractivity (Wildman–Crippen MR) is 75.9 cm³/mol. The summed E-state index contributed by atoms with van der Waals surface area (Å²) in [6, 6.07) is 3.49. The molecule has 0 spiro atoms. The van der Waals surface area contributed by atoms with Crippen molar-refractivity contribution in [2.75, 3.05) is 18.0 Å². The zero-order valence-corrected chi connectivity index (χ0v) is 12.4. The topological polar surface area (TPSA) is 83.1 Å². The van der Waals surface area contributed by atoms with E-state index in [1.165, 1.54) is 12.3 Å². The van der Waals surface area contributed by atoms with Crippen LogP contribution < -0.4 is 4.90 Å². The highest BCUT2D eigenvalue weighted by atomic mass is 79.9. The minimum atomic E-state index is -0.452. The normalized spacial score (nSPS) is 10.3. The Morgan fingerprint density at radius 3 is 2.84 bits per heavy atom. The average Bonchev–Trinajstić information content (AvgIpc) is 2.34. The summed E-state index contributed by atoms with van der Waals surface area (Å²) in [5.41, 5.74) is -0.0482. The van der Waals surface area contributed by atoms with Crippen LogP contribution >= 0.6 is 15.9 Å². The molecule has 0 bridgehead atoms. The fourth-order valence-corrected chi connectivity index (χ4v) is 2.03.